The molecule has 3 heteroatoms. The van der Waals surface area contributed by atoms with Gasteiger partial charge in [0.2, 0.25) is 0 Å². The number of furan rings is 1. The van der Waals surface area contributed by atoms with E-state index in [-0.39, 0.29) is 12.1 Å². The summed E-state index contributed by atoms with van der Waals surface area (Å²) in [6.07, 6.45) is 4.87. The molecule has 1 aromatic carbocycles. The molecule has 1 N–H and O–H groups in total. The van der Waals surface area contributed by atoms with E-state index in [9.17, 15) is 0 Å². The summed E-state index contributed by atoms with van der Waals surface area (Å²) >= 11 is 0. The van der Waals surface area contributed by atoms with Gasteiger partial charge in [-0.15, -0.1) is 0 Å². The van der Waals surface area contributed by atoms with E-state index in [2.05, 4.69) is 43.4 Å². The maximum absolute atomic E-state index is 6.17. The Morgan fingerprint density at radius 3 is 2.95 bits per heavy atom. The standard InChI is InChI=1S/C18H25NO2/c1-3-10-19-17(15-9-4-5-11-20-15)16-12-14-8-6-7-13(2)18(14)21-16/h6-8,12,15,17,19H,3-5,9-11H2,1-2H3. The van der Waals surface area contributed by atoms with Crippen molar-refractivity contribution in [2.75, 3.05) is 13.2 Å². The smallest absolute Gasteiger partial charge is 0.137 e. The summed E-state index contributed by atoms with van der Waals surface area (Å²) in [5.41, 5.74) is 2.20. The fraction of sp³-hybridized carbons (Fsp3) is 0.556. The van der Waals surface area contributed by atoms with Crippen LogP contribution in [-0.2, 0) is 4.74 Å². The van der Waals surface area contributed by atoms with E-state index in [4.69, 9.17) is 9.15 Å². The summed E-state index contributed by atoms with van der Waals surface area (Å²) in [6, 6.07) is 8.64. The molecule has 2 heterocycles. The Balaban J connectivity index is 1.90. The van der Waals surface area contributed by atoms with Gasteiger partial charge in [0.1, 0.15) is 11.3 Å². The van der Waals surface area contributed by atoms with Gasteiger partial charge in [0.25, 0.3) is 0 Å². The fourth-order valence-corrected chi connectivity index (χ4v) is 3.13. The van der Waals surface area contributed by atoms with E-state index in [1.807, 2.05) is 0 Å². The first-order valence-electron chi connectivity index (χ1n) is 8.13. The van der Waals surface area contributed by atoms with Gasteiger partial charge in [0, 0.05) is 12.0 Å². The Bertz CT molecular complexity index is 584. The summed E-state index contributed by atoms with van der Waals surface area (Å²) in [4.78, 5) is 0. The van der Waals surface area contributed by atoms with Crippen molar-refractivity contribution in [3.63, 3.8) is 0 Å². The minimum absolute atomic E-state index is 0.164. The van der Waals surface area contributed by atoms with Crippen molar-refractivity contribution in [2.45, 2.75) is 51.7 Å². The van der Waals surface area contributed by atoms with Crippen LogP contribution in [0.25, 0.3) is 11.0 Å². The number of fused-ring (bicyclic) bond motifs is 1. The largest absolute Gasteiger partial charge is 0.459 e. The zero-order valence-corrected chi connectivity index (χ0v) is 13.0. The second kappa shape index (κ2) is 6.63. The van der Waals surface area contributed by atoms with Gasteiger partial charge in [-0.3, -0.25) is 0 Å². The molecule has 21 heavy (non-hydrogen) atoms. The van der Waals surface area contributed by atoms with Crippen LogP contribution in [0.3, 0.4) is 0 Å². The Morgan fingerprint density at radius 2 is 2.24 bits per heavy atom. The SMILES string of the molecule is CCCNC(c1cc2cccc(C)c2o1)C1CCCCO1. The van der Waals surface area contributed by atoms with Crippen molar-refractivity contribution < 1.29 is 9.15 Å². The molecule has 0 aliphatic carbocycles. The highest BCUT2D eigenvalue weighted by Gasteiger charge is 2.28. The van der Waals surface area contributed by atoms with Crippen LogP contribution in [0.4, 0.5) is 0 Å². The average Bonchev–Trinajstić information content (AvgIpc) is 2.94. The highest BCUT2D eigenvalue weighted by Crippen LogP contribution is 2.31. The molecule has 0 spiro atoms. The van der Waals surface area contributed by atoms with Gasteiger partial charge in [0.15, 0.2) is 0 Å². The maximum Gasteiger partial charge on any atom is 0.137 e. The molecule has 2 unspecified atom stereocenters. The van der Waals surface area contributed by atoms with Crippen LogP contribution < -0.4 is 5.32 Å². The van der Waals surface area contributed by atoms with Gasteiger partial charge >= 0.3 is 0 Å². The highest BCUT2D eigenvalue weighted by atomic mass is 16.5. The van der Waals surface area contributed by atoms with Gasteiger partial charge in [0.05, 0.1) is 12.1 Å². The van der Waals surface area contributed by atoms with Crippen LogP contribution in [0.1, 0.15) is 50.0 Å². The van der Waals surface area contributed by atoms with Crippen LogP contribution in [0.5, 0.6) is 0 Å². The molecular weight excluding hydrogens is 262 g/mol. The molecule has 1 fully saturated rings. The van der Waals surface area contributed by atoms with Crippen molar-refractivity contribution in [3.8, 4) is 0 Å². The van der Waals surface area contributed by atoms with Crippen LogP contribution in [-0.4, -0.2) is 19.3 Å². The maximum atomic E-state index is 6.17. The quantitative estimate of drug-likeness (QED) is 0.887. The highest BCUT2D eigenvalue weighted by molar-refractivity contribution is 5.81. The van der Waals surface area contributed by atoms with Gasteiger partial charge in [-0.25, -0.2) is 0 Å². The summed E-state index contributed by atoms with van der Waals surface area (Å²) in [5, 5.41) is 4.80. The monoisotopic (exact) mass is 287 g/mol. The normalized spacial score (nSPS) is 20.8. The Kier molecular flexibility index (Phi) is 4.61. The second-order valence-electron chi connectivity index (χ2n) is 5.98. The van der Waals surface area contributed by atoms with E-state index >= 15 is 0 Å². The Morgan fingerprint density at radius 1 is 1.33 bits per heavy atom. The van der Waals surface area contributed by atoms with E-state index in [1.54, 1.807) is 0 Å². The summed E-state index contributed by atoms with van der Waals surface area (Å²) < 4.78 is 12.2. The molecule has 1 aliphatic rings. The lowest BCUT2D eigenvalue weighted by Crippen LogP contribution is -2.36. The third-order valence-electron chi connectivity index (χ3n) is 4.27. The van der Waals surface area contributed by atoms with Crippen molar-refractivity contribution in [2.24, 2.45) is 0 Å². The molecule has 1 aliphatic heterocycles. The summed E-state index contributed by atoms with van der Waals surface area (Å²) in [7, 11) is 0. The van der Waals surface area contributed by atoms with Crippen molar-refractivity contribution in [1.29, 1.82) is 0 Å². The molecule has 3 rings (SSSR count). The molecule has 2 aromatic rings. The summed E-state index contributed by atoms with van der Waals surface area (Å²) in [6.45, 7) is 6.14. The first-order chi connectivity index (χ1) is 10.3. The van der Waals surface area contributed by atoms with E-state index in [0.717, 1.165) is 37.3 Å². The van der Waals surface area contributed by atoms with Gasteiger partial charge < -0.3 is 14.5 Å². The fourth-order valence-electron chi connectivity index (χ4n) is 3.13. The Labute approximate surface area is 126 Å². The zero-order chi connectivity index (χ0) is 14.7. The number of hydrogen-bond donors (Lipinski definition) is 1. The van der Waals surface area contributed by atoms with E-state index in [1.165, 1.54) is 23.8 Å². The minimum atomic E-state index is 0.164. The molecule has 3 nitrogen and oxygen atoms in total. The number of aryl methyl sites for hydroxylation is 1. The second-order valence-corrected chi connectivity index (χ2v) is 5.98. The first kappa shape index (κ1) is 14.6. The predicted octanol–water partition coefficient (Wildman–Crippen LogP) is 4.35. The van der Waals surface area contributed by atoms with Crippen molar-refractivity contribution >= 4 is 11.0 Å². The number of rotatable bonds is 5. The third kappa shape index (κ3) is 3.14. The molecule has 114 valence electrons. The lowest BCUT2D eigenvalue weighted by molar-refractivity contribution is -0.0122. The number of nitrogens with one attached hydrogen (secondary N) is 1. The number of ether oxygens (including phenoxy) is 1. The van der Waals surface area contributed by atoms with Crippen LogP contribution in [0.2, 0.25) is 0 Å². The third-order valence-corrected chi connectivity index (χ3v) is 4.27. The van der Waals surface area contributed by atoms with Crippen LogP contribution in [0, 0.1) is 6.92 Å². The van der Waals surface area contributed by atoms with Gasteiger partial charge in [-0.05, 0) is 50.8 Å². The zero-order valence-electron chi connectivity index (χ0n) is 13.0. The Hall–Kier alpha value is -1.32. The van der Waals surface area contributed by atoms with E-state index < -0.39 is 0 Å². The van der Waals surface area contributed by atoms with Crippen molar-refractivity contribution in [1.82, 2.24) is 5.32 Å². The molecule has 1 aromatic heterocycles. The molecule has 1 saturated heterocycles. The van der Waals surface area contributed by atoms with Crippen molar-refractivity contribution in [3.05, 3.63) is 35.6 Å². The number of benzene rings is 1. The number of para-hydroxylation sites is 1. The predicted molar refractivity (Wildman–Crippen MR) is 85.6 cm³/mol. The number of hydrogen-bond acceptors (Lipinski definition) is 3. The molecule has 2 atom stereocenters. The van der Waals surface area contributed by atoms with Crippen LogP contribution in [0.15, 0.2) is 28.7 Å². The molecular formula is C18H25NO2. The van der Waals surface area contributed by atoms with Crippen LogP contribution >= 0.6 is 0 Å². The topological polar surface area (TPSA) is 34.4 Å². The summed E-state index contributed by atoms with van der Waals surface area (Å²) in [5.74, 6) is 1.01. The van der Waals surface area contributed by atoms with Gasteiger partial charge in [-0.2, -0.15) is 0 Å². The van der Waals surface area contributed by atoms with Gasteiger partial charge in [-0.1, -0.05) is 25.1 Å². The van der Waals surface area contributed by atoms with E-state index in [0.29, 0.717) is 0 Å². The molecule has 0 radical (unpaired) electrons. The lowest BCUT2D eigenvalue weighted by Gasteiger charge is -2.30. The average molecular weight is 287 g/mol. The molecule has 0 saturated carbocycles. The minimum Gasteiger partial charge on any atom is -0.459 e. The molecule has 0 amide bonds. The first-order valence-corrected chi connectivity index (χ1v) is 8.13. The molecule has 0 bridgehead atoms. The lowest BCUT2D eigenvalue weighted by atomic mass is 9.99.